The first kappa shape index (κ1) is 14.5. The highest BCUT2D eigenvalue weighted by Crippen LogP contribution is 2.19. The quantitative estimate of drug-likeness (QED) is 0.749. The van der Waals surface area contributed by atoms with Crippen LogP contribution in [0.15, 0.2) is 0 Å². The molecular weight excluding hydrogens is 214 g/mol. The maximum Gasteiger partial charge on any atom is 0.226 e. The summed E-state index contributed by atoms with van der Waals surface area (Å²) in [6.45, 7) is 7.33. The molecule has 0 radical (unpaired) electrons. The summed E-state index contributed by atoms with van der Waals surface area (Å²) in [6.07, 6.45) is 3.61. The van der Waals surface area contributed by atoms with Crippen LogP contribution in [0, 0.1) is 11.3 Å². The molecule has 0 saturated carbocycles. The highest BCUT2D eigenvalue weighted by molar-refractivity contribution is 5.81. The number of nitrogens with two attached hydrogens (primary N) is 1. The number of rotatable bonds is 5. The van der Waals surface area contributed by atoms with E-state index in [0.29, 0.717) is 6.54 Å². The zero-order valence-electron chi connectivity index (χ0n) is 11.5. The first-order valence-corrected chi connectivity index (χ1v) is 6.62. The fourth-order valence-corrected chi connectivity index (χ4v) is 2.07. The molecule has 0 bridgehead atoms. The summed E-state index contributed by atoms with van der Waals surface area (Å²) in [6, 6.07) is 0. The van der Waals surface area contributed by atoms with Gasteiger partial charge in [0.25, 0.3) is 0 Å². The molecule has 1 fully saturated rings. The first-order valence-electron chi connectivity index (χ1n) is 6.62. The number of carbonyl (C=O) groups excluding carboxylic acids is 1. The van der Waals surface area contributed by atoms with E-state index in [1.807, 2.05) is 13.8 Å². The maximum atomic E-state index is 11.8. The van der Waals surface area contributed by atoms with E-state index in [2.05, 4.69) is 17.3 Å². The van der Waals surface area contributed by atoms with Crippen molar-refractivity contribution in [2.24, 2.45) is 17.1 Å². The van der Waals surface area contributed by atoms with E-state index >= 15 is 0 Å². The zero-order valence-corrected chi connectivity index (χ0v) is 11.5. The van der Waals surface area contributed by atoms with E-state index in [4.69, 9.17) is 5.73 Å². The average Bonchev–Trinajstić information content (AvgIpc) is 2.31. The summed E-state index contributed by atoms with van der Waals surface area (Å²) < 4.78 is 0. The molecule has 1 aliphatic rings. The molecule has 1 amide bonds. The summed E-state index contributed by atoms with van der Waals surface area (Å²) in [5, 5.41) is 3.00. The van der Waals surface area contributed by atoms with Gasteiger partial charge in [0.15, 0.2) is 0 Å². The van der Waals surface area contributed by atoms with Crippen molar-refractivity contribution in [3.8, 4) is 0 Å². The van der Waals surface area contributed by atoms with Crippen molar-refractivity contribution in [3.05, 3.63) is 0 Å². The number of hydrogen-bond donors (Lipinski definition) is 2. The van der Waals surface area contributed by atoms with Gasteiger partial charge in [-0.05, 0) is 59.2 Å². The zero-order chi connectivity index (χ0) is 12.9. The molecule has 0 aromatic heterocycles. The fraction of sp³-hybridized carbons (Fsp3) is 0.923. The smallest absolute Gasteiger partial charge is 0.226 e. The molecule has 0 atom stereocenters. The molecule has 0 spiro atoms. The molecule has 1 heterocycles. The van der Waals surface area contributed by atoms with Gasteiger partial charge >= 0.3 is 0 Å². The van der Waals surface area contributed by atoms with Crippen LogP contribution in [0.2, 0.25) is 0 Å². The molecule has 0 aromatic carbocycles. The van der Waals surface area contributed by atoms with Crippen LogP contribution < -0.4 is 11.1 Å². The molecule has 100 valence electrons. The predicted molar refractivity (Wildman–Crippen MR) is 70.7 cm³/mol. The van der Waals surface area contributed by atoms with Crippen LogP contribution in [0.25, 0.3) is 0 Å². The summed E-state index contributed by atoms with van der Waals surface area (Å²) >= 11 is 0. The normalized spacial score (nSPS) is 19.3. The number of amides is 1. The third-order valence-electron chi connectivity index (χ3n) is 3.80. The lowest BCUT2D eigenvalue weighted by Crippen LogP contribution is -2.42. The highest BCUT2D eigenvalue weighted by atomic mass is 16.2. The van der Waals surface area contributed by atoms with Crippen LogP contribution in [-0.4, -0.2) is 44.0 Å². The Morgan fingerprint density at radius 2 is 2.00 bits per heavy atom. The molecule has 4 nitrogen and oxygen atoms in total. The Labute approximate surface area is 105 Å². The van der Waals surface area contributed by atoms with Gasteiger partial charge in [-0.25, -0.2) is 0 Å². The van der Waals surface area contributed by atoms with Crippen LogP contribution in [0.5, 0.6) is 0 Å². The van der Waals surface area contributed by atoms with Crippen molar-refractivity contribution in [1.29, 1.82) is 0 Å². The van der Waals surface area contributed by atoms with Crippen molar-refractivity contribution in [3.63, 3.8) is 0 Å². The lowest BCUT2D eigenvalue weighted by molar-refractivity contribution is -0.128. The van der Waals surface area contributed by atoms with Crippen molar-refractivity contribution < 1.29 is 4.79 Å². The highest BCUT2D eigenvalue weighted by Gasteiger charge is 2.25. The van der Waals surface area contributed by atoms with Crippen LogP contribution in [0.4, 0.5) is 0 Å². The Bertz CT molecular complexity index is 245. The summed E-state index contributed by atoms with van der Waals surface area (Å²) in [5.41, 5.74) is 5.13. The van der Waals surface area contributed by atoms with Crippen molar-refractivity contribution in [2.45, 2.75) is 33.1 Å². The molecule has 4 heteroatoms. The summed E-state index contributed by atoms with van der Waals surface area (Å²) in [5.74, 6) is 0.848. The summed E-state index contributed by atoms with van der Waals surface area (Å²) in [7, 11) is 2.17. The third-order valence-corrected chi connectivity index (χ3v) is 3.80. The van der Waals surface area contributed by atoms with E-state index in [0.717, 1.165) is 18.9 Å². The van der Waals surface area contributed by atoms with Crippen LogP contribution in [-0.2, 0) is 4.79 Å². The van der Waals surface area contributed by atoms with Gasteiger partial charge in [0, 0.05) is 13.1 Å². The lowest BCUT2D eigenvalue weighted by Gasteiger charge is -2.29. The first-order chi connectivity index (χ1) is 7.95. The average molecular weight is 241 g/mol. The van der Waals surface area contributed by atoms with Gasteiger partial charge in [0.2, 0.25) is 5.91 Å². The second-order valence-electron chi connectivity index (χ2n) is 5.88. The van der Waals surface area contributed by atoms with Gasteiger partial charge in [-0.3, -0.25) is 4.79 Å². The van der Waals surface area contributed by atoms with E-state index in [-0.39, 0.29) is 5.91 Å². The number of nitrogens with one attached hydrogen (secondary N) is 1. The standard InChI is InChI=1S/C13H27N3O/c1-13(2,10-14)12(17)15-7-4-11-5-8-16(3)9-6-11/h11H,4-10,14H2,1-3H3,(H,15,17). The Balaban J connectivity index is 2.18. The predicted octanol–water partition coefficient (Wildman–Crippen LogP) is 0.819. The van der Waals surface area contributed by atoms with Crippen LogP contribution in [0.3, 0.4) is 0 Å². The molecular formula is C13H27N3O. The molecule has 1 saturated heterocycles. The van der Waals surface area contributed by atoms with Crippen molar-refractivity contribution in [1.82, 2.24) is 10.2 Å². The Morgan fingerprint density at radius 3 is 2.53 bits per heavy atom. The molecule has 0 aliphatic carbocycles. The van der Waals surface area contributed by atoms with E-state index < -0.39 is 5.41 Å². The molecule has 0 unspecified atom stereocenters. The van der Waals surface area contributed by atoms with Crippen molar-refractivity contribution in [2.75, 3.05) is 33.2 Å². The number of likely N-dealkylation sites (tertiary alicyclic amines) is 1. The van der Waals surface area contributed by atoms with Crippen LogP contribution in [0.1, 0.15) is 33.1 Å². The van der Waals surface area contributed by atoms with Gasteiger partial charge in [-0.1, -0.05) is 0 Å². The minimum atomic E-state index is -0.438. The maximum absolute atomic E-state index is 11.8. The Morgan fingerprint density at radius 1 is 1.41 bits per heavy atom. The number of nitrogens with zero attached hydrogens (tertiary/aromatic N) is 1. The van der Waals surface area contributed by atoms with Gasteiger partial charge in [0.05, 0.1) is 5.41 Å². The molecule has 1 rings (SSSR count). The van der Waals surface area contributed by atoms with Crippen molar-refractivity contribution >= 4 is 5.91 Å². The van der Waals surface area contributed by atoms with E-state index in [1.165, 1.54) is 25.9 Å². The fourth-order valence-electron chi connectivity index (χ4n) is 2.07. The van der Waals surface area contributed by atoms with Gasteiger partial charge in [-0.2, -0.15) is 0 Å². The third kappa shape index (κ3) is 4.64. The minimum absolute atomic E-state index is 0.0768. The van der Waals surface area contributed by atoms with E-state index in [1.54, 1.807) is 0 Å². The Kier molecular flexibility index (Phi) is 5.40. The molecule has 17 heavy (non-hydrogen) atoms. The second-order valence-corrected chi connectivity index (χ2v) is 5.88. The van der Waals surface area contributed by atoms with Gasteiger partial charge in [0.1, 0.15) is 0 Å². The molecule has 1 aliphatic heterocycles. The number of carbonyl (C=O) groups is 1. The monoisotopic (exact) mass is 241 g/mol. The topological polar surface area (TPSA) is 58.4 Å². The van der Waals surface area contributed by atoms with E-state index in [9.17, 15) is 4.79 Å². The van der Waals surface area contributed by atoms with Crippen LogP contribution >= 0.6 is 0 Å². The summed E-state index contributed by atoms with van der Waals surface area (Å²) in [4.78, 5) is 14.2. The minimum Gasteiger partial charge on any atom is -0.356 e. The molecule has 0 aromatic rings. The lowest BCUT2D eigenvalue weighted by atomic mass is 9.91. The second kappa shape index (κ2) is 6.36. The number of piperidine rings is 1. The Hall–Kier alpha value is -0.610. The largest absolute Gasteiger partial charge is 0.356 e. The number of hydrogen-bond acceptors (Lipinski definition) is 3. The molecule has 3 N–H and O–H groups in total. The van der Waals surface area contributed by atoms with Gasteiger partial charge in [-0.15, -0.1) is 0 Å². The SMILES string of the molecule is CN1CCC(CCNC(=O)C(C)(C)CN)CC1. The van der Waals surface area contributed by atoms with Gasteiger partial charge < -0.3 is 16.0 Å².